The van der Waals surface area contributed by atoms with Gasteiger partial charge in [0.15, 0.2) is 11.2 Å². The minimum absolute atomic E-state index is 0.0462. The Morgan fingerprint density at radius 2 is 1.75 bits per heavy atom. The molecule has 2 fully saturated rings. The number of anilines is 1. The average Bonchev–Trinajstić information content (AvgIpc) is 3.13. The predicted molar refractivity (Wildman–Crippen MR) is 106 cm³/mol. The van der Waals surface area contributed by atoms with Gasteiger partial charge in [-0.3, -0.25) is 9.59 Å². The summed E-state index contributed by atoms with van der Waals surface area (Å²) in [7, 11) is 0. The first-order valence-corrected chi connectivity index (χ1v) is 10.4. The lowest BCUT2D eigenvalue weighted by atomic mass is 9.61. The molecule has 1 spiro atoms. The van der Waals surface area contributed by atoms with Crippen LogP contribution in [0.2, 0.25) is 0 Å². The number of benzene rings is 2. The van der Waals surface area contributed by atoms with Gasteiger partial charge in [-0.25, -0.2) is 0 Å². The number of para-hydroxylation sites is 2. The van der Waals surface area contributed by atoms with Crippen LogP contribution in [0.4, 0.5) is 5.69 Å². The summed E-state index contributed by atoms with van der Waals surface area (Å²) in [5, 5.41) is 0. The number of ketones is 1. The quantitative estimate of drug-likeness (QED) is 0.397. The summed E-state index contributed by atoms with van der Waals surface area (Å²) in [6.45, 7) is 0.941. The number of hydrogen-bond donors (Lipinski definition) is 0. The molecule has 3 unspecified atom stereocenters. The Kier molecular flexibility index (Phi) is 3.32. The molecule has 4 heteroatoms. The van der Waals surface area contributed by atoms with Gasteiger partial charge in [-0.15, -0.1) is 0 Å². The number of esters is 1. The molecule has 4 aliphatic rings. The third-order valence-electron chi connectivity index (χ3n) is 7.52. The van der Waals surface area contributed by atoms with Crippen LogP contribution in [-0.2, 0) is 11.2 Å². The number of hydrogen-bond acceptors (Lipinski definition) is 4. The topological polar surface area (TPSA) is 46.6 Å². The van der Waals surface area contributed by atoms with Crippen molar-refractivity contribution in [1.82, 2.24) is 0 Å². The minimum atomic E-state index is -1.13. The summed E-state index contributed by atoms with van der Waals surface area (Å²) in [5.41, 5.74) is 1.72. The van der Waals surface area contributed by atoms with E-state index in [1.165, 1.54) is 24.9 Å². The highest BCUT2D eigenvalue weighted by Gasteiger charge is 2.65. The maximum absolute atomic E-state index is 13.9. The van der Waals surface area contributed by atoms with E-state index in [2.05, 4.69) is 23.1 Å². The van der Waals surface area contributed by atoms with Gasteiger partial charge in [0.1, 0.15) is 5.75 Å². The summed E-state index contributed by atoms with van der Waals surface area (Å²) >= 11 is 0. The van der Waals surface area contributed by atoms with Crippen LogP contribution in [0.3, 0.4) is 0 Å². The van der Waals surface area contributed by atoms with Crippen molar-refractivity contribution in [1.29, 1.82) is 0 Å². The van der Waals surface area contributed by atoms with Crippen LogP contribution < -0.4 is 9.64 Å². The van der Waals surface area contributed by atoms with Gasteiger partial charge in [-0.05, 0) is 54.9 Å². The zero-order chi connectivity index (χ0) is 18.9. The van der Waals surface area contributed by atoms with Gasteiger partial charge in [0, 0.05) is 12.2 Å². The molecule has 1 saturated carbocycles. The van der Waals surface area contributed by atoms with Gasteiger partial charge in [-0.1, -0.05) is 43.2 Å². The van der Waals surface area contributed by atoms with E-state index in [0.717, 1.165) is 18.5 Å². The van der Waals surface area contributed by atoms with Crippen LogP contribution in [0.5, 0.6) is 5.75 Å². The molecular weight excluding hydrogens is 350 g/mol. The van der Waals surface area contributed by atoms with Crippen LogP contribution in [-0.4, -0.2) is 24.3 Å². The lowest BCUT2D eigenvalue weighted by Crippen LogP contribution is -2.63. The van der Waals surface area contributed by atoms with Crippen LogP contribution in [0, 0.1) is 17.3 Å². The van der Waals surface area contributed by atoms with E-state index in [9.17, 15) is 9.59 Å². The van der Waals surface area contributed by atoms with Crippen LogP contribution in [0.15, 0.2) is 48.5 Å². The Morgan fingerprint density at radius 1 is 0.964 bits per heavy atom. The van der Waals surface area contributed by atoms with Crippen molar-refractivity contribution in [3.8, 4) is 5.75 Å². The summed E-state index contributed by atoms with van der Waals surface area (Å²) in [4.78, 5) is 29.8. The van der Waals surface area contributed by atoms with E-state index in [-0.39, 0.29) is 17.8 Å². The highest BCUT2D eigenvalue weighted by Crippen LogP contribution is 2.56. The summed E-state index contributed by atoms with van der Waals surface area (Å²) in [5.74, 6) is 0.942. The molecule has 0 bridgehead atoms. The predicted octanol–water partition coefficient (Wildman–Crippen LogP) is 4.03. The van der Waals surface area contributed by atoms with Crippen molar-refractivity contribution in [3.05, 3.63) is 59.7 Å². The molecule has 3 heterocycles. The number of nitrogens with zero attached hydrogens (tertiary/aromatic N) is 1. The first kappa shape index (κ1) is 16.3. The van der Waals surface area contributed by atoms with E-state index < -0.39 is 5.41 Å². The highest BCUT2D eigenvalue weighted by atomic mass is 16.5. The lowest BCUT2D eigenvalue weighted by molar-refractivity contribution is -0.146. The third kappa shape index (κ3) is 1.96. The smallest absolute Gasteiger partial charge is 0.327 e. The van der Waals surface area contributed by atoms with Crippen molar-refractivity contribution in [2.45, 2.75) is 38.1 Å². The van der Waals surface area contributed by atoms with Crippen molar-refractivity contribution in [2.24, 2.45) is 17.3 Å². The van der Waals surface area contributed by atoms with Gasteiger partial charge >= 0.3 is 5.97 Å². The fourth-order valence-corrected chi connectivity index (χ4v) is 6.38. The normalized spacial score (nSPS) is 33.0. The second-order valence-electron chi connectivity index (χ2n) is 8.80. The molecule has 142 valence electrons. The first-order valence-electron chi connectivity index (χ1n) is 10.4. The molecule has 28 heavy (non-hydrogen) atoms. The second-order valence-corrected chi connectivity index (χ2v) is 8.80. The Bertz CT molecular complexity index is 999. The zero-order valence-corrected chi connectivity index (χ0v) is 15.8. The summed E-state index contributed by atoms with van der Waals surface area (Å²) < 4.78 is 5.81. The molecule has 1 aliphatic carbocycles. The molecule has 6 rings (SSSR count). The first-order chi connectivity index (χ1) is 13.7. The number of carbonyl (C=O) groups is 2. The second kappa shape index (κ2) is 5.69. The van der Waals surface area contributed by atoms with Gasteiger partial charge < -0.3 is 9.64 Å². The largest absolute Gasteiger partial charge is 0.425 e. The molecule has 4 nitrogen and oxygen atoms in total. The van der Waals surface area contributed by atoms with Gasteiger partial charge in [-0.2, -0.15) is 0 Å². The van der Waals surface area contributed by atoms with Crippen molar-refractivity contribution in [3.63, 3.8) is 0 Å². The van der Waals surface area contributed by atoms with E-state index in [1.807, 2.05) is 24.3 Å². The minimum Gasteiger partial charge on any atom is -0.425 e. The van der Waals surface area contributed by atoms with Gasteiger partial charge in [0.25, 0.3) is 0 Å². The Balaban J connectivity index is 1.58. The maximum Gasteiger partial charge on any atom is 0.327 e. The van der Waals surface area contributed by atoms with Gasteiger partial charge in [0.2, 0.25) is 0 Å². The molecule has 2 aromatic rings. The number of fused-ring (bicyclic) bond motifs is 7. The van der Waals surface area contributed by atoms with Crippen molar-refractivity contribution in [2.75, 3.05) is 11.4 Å². The molecule has 0 radical (unpaired) electrons. The zero-order valence-electron chi connectivity index (χ0n) is 15.8. The maximum atomic E-state index is 13.9. The van der Waals surface area contributed by atoms with Crippen LogP contribution in [0.25, 0.3) is 0 Å². The van der Waals surface area contributed by atoms with Crippen LogP contribution >= 0.6 is 0 Å². The Labute approximate surface area is 164 Å². The number of Topliss-reactive ketones (excluding diaryl/α,β-unsaturated/α-hetero) is 1. The van der Waals surface area contributed by atoms with E-state index >= 15 is 0 Å². The van der Waals surface area contributed by atoms with E-state index in [0.29, 0.717) is 29.6 Å². The number of carbonyl (C=O) groups excluding carboxylic acids is 2. The molecule has 4 atom stereocenters. The Morgan fingerprint density at radius 3 is 2.68 bits per heavy atom. The SMILES string of the molecule is O=C1Oc2ccccc2C(=O)[C@]12Cc1ccccc1N1CC3CCCCC3C12. The molecule has 0 aromatic heterocycles. The molecule has 0 N–H and O–H groups in total. The third-order valence-corrected chi connectivity index (χ3v) is 7.52. The number of ether oxygens (including phenoxy) is 1. The van der Waals surface area contributed by atoms with Crippen molar-refractivity contribution >= 4 is 17.4 Å². The fraction of sp³-hybridized carbons (Fsp3) is 0.417. The van der Waals surface area contributed by atoms with E-state index in [4.69, 9.17) is 4.74 Å². The molecule has 1 saturated heterocycles. The summed E-state index contributed by atoms with van der Waals surface area (Å²) in [6.07, 6.45) is 5.16. The van der Waals surface area contributed by atoms with Crippen molar-refractivity contribution < 1.29 is 14.3 Å². The molecule has 3 aliphatic heterocycles. The average molecular weight is 373 g/mol. The van der Waals surface area contributed by atoms with Crippen LogP contribution in [0.1, 0.15) is 41.6 Å². The molecule has 2 aromatic carbocycles. The van der Waals surface area contributed by atoms with E-state index in [1.54, 1.807) is 6.07 Å². The number of rotatable bonds is 0. The Hall–Kier alpha value is -2.62. The highest BCUT2D eigenvalue weighted by molar-refractivity contribution is 6.18. The molecular formula is C24H23NO3. The standard InChI is InChI=1S/C24H23NO3/c26-22-18-10-4-6-12-20(18)28-23(27)24(22)13-15-7-2-5-11-19(15)25-14-16-8-1-3-9-17(16)21(24)25/h2,4-7,10-12,16-17,21H,1,3,8-9,13-14H2/t16?,17?,21?,24-/m1/s1. The summed E-state index contributed by atoms with van der Waals surface area (Å²) in [6, 6.07) is 15.4. The lowest BCUT2D eigenvalue weighted by Gasteiger charge is -2.49. The molecule has 0 amide bonds. The monoisotopic (exact) mass is 373 g/mol. The fourth-order valence-electron chi connectivity index (χ4n) is 6.38. The van der Waals surface area contributed by atoms with Gasteiger partial charge in [0.05, 0.1) is 11.6 Å².